The summed E-state index contributed by atoms with van der Waals surface area (Å²) in [5.41, 5.74) is 1.08. The molecule has 2 saturated heterocycles. The molecular weight excluding hydrogens is 364 g/mol. The minimum atomic E-state index is -0.250. The molecule has 3 rings (SSSR count). The molecule has 6 nitrogen and oxygen atoms in total. The SMILES string of the molecule is CN(CC(C)(C)CO)C(=O)[C@@H]1CCCN(C2CCN(Cc3ccncc3)CC2)C1. The van der Waals surface area contributed by atoms with Gasteiger partial charge in [-0.25, -0.2) is 0 Å². The van der Waals surface area contributed by atoms with Gasteiger partial charge in [-0.05, 0) is 63.0 Å². The number of nitrogens with zero attached hydrogens (tertiary/aromatic N) is 4. The summed E-state index contributed by atoms with van der Waals surface area (Å²) >= 11 is 0. The summed E-state index contributed by atoms with van der Waals surface area (Å²) in [5.74, 6) is 0.337. The maximum atomic E-state index is 13.0. The van der Waals surface area contributed by atoms with E-state index in [2.05, 4.69) is 26.9 Å². The van der Waals surface area contributed by atoms with Crippen molar-refractivity contribution in [2.75, 3.05) is 46.4 Å². The standard InChI is InChI=1S/C23H38N4O2/c1-23(2,18-28)17-25(3)22(29)20-5-4-12-27(16-20)21-8-13-26(14-9-21)15-19-6-10-24-11-7-19/h6-7,10-11,20-21,28H,4-5,8-9,12-18H2,1-3H3/t20-/m1/s1. The highest BCUT2D eigenvalue weighted by molar-refractivity contribution is 5.79. The van der Waals surface area contributed by atoms with E-state index in [1.807, 2.05) is 38.2 Å². The second-order valence-corrected chi connectivity index (χ2v) is 9.71. The molecule has 2 aliphatic rings. The number of aliphatic hydroxyl groups excluding tert-OH is 1. The quantitative estimate of drug-likeness (QED) is 0.758. The molecule has 0 radical (unpaired) electrons. The van der Waals surface area contributed by atoms with E-state index in [1.165, 1.54) is 18.4 Å². The summed E-state index contributed by atoms with van der Waals surface area (Å²) in [6.45, 7) is 9.95. The normalized spacial score (nSPS) is 22.6. The molecule has 0 unspecified atom stereocenters. The highest BCUT2D eigenvalue weighted by atomic mass is 16.3. The Morgan fingerprint density at radius 1 is 1.21 bits per heavy atom. The molecule has 2 fully saturated rings. The van der Waals surface area contributed by atoms with Crippen molar-refractivity contribution in [2.45, 2.75) is 52.1 Å². The van der Waals surface area contributed by atoms with Crippen molar-refractivity contribution in [3.8, 4) is 0 Å². The van der Waals surface area contributed by atoms with E-state index < -0.39 is 0 Å². The largest absolute Gasteiger partial charge is 0.396 e. The fraction of sp³-hybridized carbons (Fsp3) is 0.739. The molecule has 2 aliphatic heterocycles. The molecule has 1 atom stereocenters. The number of likely N-dealkylation sites (tertiary alicyclic amines) is 2. The monoisotopic (exact) mass is 402 g/mol. The molecule has 6 heteroatoms. The molecule has 1 aromatic heterocycles. The molecular formula is C23H38N4O2. The van der Waals surface area contributed by atoms with Gasteiger partial charge >= 0.3 is 0 Å². The van der Waals surface area contributed by atoms with Gasteiger partial charge in [0.1, 0.15) is 0 Å². The summed E-state index contributed by atoms with van der Waals surface area (Å²) in [6.07, 6.45) is 8.18. The average molecular weight is 403 g/mol. The summed E-state index contributed by atoms with van der Waals surface area (Å²) in [5, 5.41) is 9.51. The van der Waals surface area contributed by atoms with Gasteiger partial charge in [0.2, 0.25) is 5.91 Å². The lowest BCUT2D eigenvalue weighted by molar-refractivity contribution is -0.138. The van der Waals surface area contributed by atoms with Gasteiger partial charge in [-0.1, -0.05) is 13.8 Å². The van der Waals surface area contributed by atoms with E-state index in [0.29, 0.717) is 12.6 Å². The zero-order valence-electron chi connectivity index (χ0n) is 18.4. The number of aliphatic hydroxyl groups is 1. The van der Waals surface area contributed by atoms with Crippen LogP contribution in [-0.4, -0.2) is 83.1 Å². The van der Waals surface area contributed by atoms with Crippen molar-refractivity contribution in [1.29, 1.82) is 0 Å². The first-order valence-corrected chi connectivity index (χ1v) is 11.1. The van der Waals surface area contributed by atoms with E-state index in [4.69, 9.17) is 0 Å². The van der Waals surface area contributed by atoms with E-state index in [-0.39, 0.29) is 23.8 Å². The van der Waals surface area contributed by atoms with Gasteiger partial charge in [-0.2, -0.15) is 0 Å². The minimum Gasteiger partial charge on any atom is -0.396 e. The van der Waals surface area contributed by atoms with Crippen LogP contribution >= 0.6 is 0 Å². The molecule has 0 bridgehead atoms. The topological polar surface area (TPSA) is 59.9 Å². The van der Waals surface area contributed by atoms with E-state index >= 15 is 0 Å². The Labute approximate surface area is 175 Å². The van der Waals surface area contributed by atoms with Crippen LogP contribution < -0.4 is 0 Å². The fourth-order valence-corrected chi connectivity index (χ4v) is 4.81. The number of carbonyl (C=O) groups is 1. The molecule has 1 aromatic rings. The number of aromatic nitrogens is 1. The van der Waals surface area contributed by atoms with E-state index in [0.717, 1.165) is 45.6 Å². The van der Waals surface area contributed by atoms with Crippen LogP contribution in [0, 0.1) is 11.3 Å². The Bertz CT molecular complexity index is 644. The smallest absolute Gasteiger partial charge is 0.226 e. The molecule has 0 saturated carbocycles. The summed E-state index contributed by atoms with van der Waals surface area (Å²) in [4.78, 5) is 24.0. The lowest BCUT2D eigenvalue weighted by atomic mass is 9.91. The van der Waals surface area contributed by atoms with E-state index in [1.54, 1.807) is 0 Å². The van der Waals surface area contributed by atoms with Crippen LogP contribution in [0.2, 0.25) is 0 Å². The van der Waals surface area contributed by atoms with Crippen LogP contribution in [-0.2, 0) is 11.3 Å². The van der Waals surface area contributed by atoms with Crippen LogP contribution in [0.15, 0.2) is 24.5 Å². The van der Waals surface area contributed by atoms with Crippen LogP contribution in [0.4, 0.5) is 0 Å². The first-order chi connectivity index (χ1) is 13.9. The third-order valence-corrected chi connectivity index (χ3v) is 6.50. The van der Waals surface area contributed by atoms with Crippen LogP contribution in [0.25, 0.3) is 0 Å². The number of rotatable bonds is 7. The number of hydrogen-bond acceptors (Lipinski definition) is 5. The lowest BCUT2D eigenvalue weighted by Gasteiger charge is -2.43. The molecule has 1 amide bonds. The third kappa shape index (κ3) is 6.24. The highest BCUT2D eigenvalue weighted by Gasteiger charge is 2.33. The van der Waals surface area contributed by atoms with E-state index in [9.17, 15) is 9.90 Å². The van der Waals surface area contributed by atoms with Gasteiger partial charge in [-0.3, -0.25) is 19.6 Å². The first-order valence-electron chi connectivity index (χ1n) is 11.1. The van der Waals surface area contributed by atoms with Crippen molar-refractivity contribution in [3.05, 3.63) is 30.1 Å². The molecule has 162 valence electrons. The van der Waals surface area contributed by atoms with Crippen molar-refractivity contribution in [2.24, 2.45) is 11.3 Å². The molecule has 1 N–H and O–H groups in total. The summed E-state index contributed by atoms with van der Waals surface area (Å²) < 4.78 is 0. The fourth-order valence-electron chi connectivity index (χ4n) is 4.81. The Balaban J connectivity index is 1.48. The van der Waals surface area contributed by atoms with Gasteiger partial charge in [0.25, 0.3) is 0 Å². The Hall–Kier alpha value is -1.50. The van der Waals surface area contributed by atoms with Crippen molar-refractivity contribution in [1.82, 2.24) is 19.7 Å². The van der Waals surface area contributed by atoms with Gasteiger partial charge in [-0.15, -0.1) is 0 Å². The first kappa shape index (κ1) is 22.2. The minimum absolute atomic E-state index is 0.0955. The van der Waals surface area contributed by atoms with Crippen molar-refractivity contribution >= 4 is 5.91 Å². The number of amides is 1. The molecule has 0 spiro atoms. The Morgan fingerprint density at radius 3 is 2.55 bits per heavy atom. The van der Waals surface area contributed by atoms with Crippen molar-refractivity contribution < 1.29 is 9.90 Å². The zero-order chi connectivity index (χ0) is 20.9. The zero-order valence-corrected chi connectivity index (χ0v) is 18.4. The molecule has 29 heavy (non-hydrogen) atoms. The number of pyridine rings is 1. The lowest BCUT2D eigenvalue weighted by Crippen LogP contribution is -2.51. The van der Waals surface area contributed by atoms with Crippen LogP contribution in [0.3, 0.4) is 0 Å². The van der Waals surface area contributed by atoms with Gasteiger partial charge in [0.15, 0.2) is 0 Å². The third-order valence-electron chi connectivity index (χ3n) is 6.50. The van der Waals surface area contributed by atoms with Gasteiger partial charge in [0, 0.05) is 57.1 Å². The molecule has 3 heterocycles. The maximum Gasteiger partial charge on any atom is 0.226 e. The number of piperidine rings is 2. The summed E-state index contributed by atoms with van der Waals surface area (Å²) in [7, 11) is 1.89. The van der Waals surface area contributed by atoms with Gasteiger partial charge < -0.3 is 10.0 Å². The summed E-state index contributed by atoms with van der Waals surface area (Å²) in [6, 6.07) is 4.79. The van der Waals surface area contributed by atoms with Gasteiger partial charge in [0.05, 0.1) is 5.92 Å². The second kappa shape index (κ2) is 10.0. The maximum absolute atomic E-state index is 13.0. The molecule has 0 aliphatic carbocycles. The predicted molar refractivity (Wildman–Crippen MR) is 115 cm³/mol. The van der Waals surface area contributed by atoms with Crippen LogP contribution in [0.5, 0.6) is 0 Å². The number of carbonyl (C=O) groups excluding carboxylic acids is 1. The Kier molecular flexibility index (Phi) is 7.66. The molecule has 0 aromatic carbocycles. The average Bonchev–Trinajstić information content (AvgIpc) is 2.74. The predicted octanol–water partition coefficient (Wildman–Crippen LogP) is 2.23. The highest BCUT2D eigenvalue weighted by Crippen LogP contribution is 2.26. The van der Waals surface area contributed by atoms with Crippen molar-refractivity contribution in [3.63, 3.8) is 0 Å². The van der Waals surface area contributed by atoms with Crippen LogP contribution in [0.1, 0.15) is 45.1 Å². The Morgan fingerprint density at radius 2 is 1.90 bits per heavy atom. The second-order valence-electron chi connectivity index (χ2n) is 9.71. The number of hydrogen-bond donors (Lipinski definition) is 1.